The zero-order valence-electron chi connectivity index (χ0n) is 8.91. The maximum Gasteiger partial charge on any atom is 0.269 e. The Balaban J connectivity index is 2.42. The minimum atomic E-state index is -0.230. The summed E-state index contributed by atoms with van der Waals surface area (Å²) < 4.78 is 5.17. The van der Waals surface area contributed by atoms with Crippen LogP contribution in [0.5, 0.6) is 0 Å². The number of rotatable bonds is 5. The lowest BCUT2D eigenvalue weighted by Crippen LogP contribution is -2.36. The zero-order chi connectivity index (χ0) is 11.3. The molecule has 15 heavy (non-hydrogen) atoms. The molecule has 1 rings (SSSR count). The summed E-state index contributed by atoms with van der Waals surface area (Å²) >= 11 is 0. The second kappa shape index (κ2) is 5.35. The Morgan fingerprint density at radius 3 is 3.07 bits per heavy atom. The predicted octanol–water partition coefficient (Wildman–Crippen LogP) is 0.147. The van der Waals surface area contributed by atoms with E-state index < -0.39 is 0 Å². The van der Waals surface area contributed by atoms with Gasteiger partial charge < -0.3 is 15.8 Å². The smallest absolute Gasteiger partial charge is 0.269 e. The first kappa shape index (κ1) is 11.5. The van der Waals surface area contributed by atoms with Crippen molar-refractivity contribution in [3.8, 4) is 0 Å². The number of ether oxygens (including phenoxy) is 1. The van der Waals surface area contributed by atoms with Crippen LogP contribution in [0.2, 0.25) is 0 Å². The van der Waals surface area contributed by atoms with E-state index in [0.717, 1.165) is 0 Å². The number of hydrogen-bond donors (Lipinski definition) is 3. The third-order valence-corrected chi connectivity index (χ3v) is 1.79. The maximum atomic E-state index is 11.5. The number of aromatic nitrogens is 2. The molecule has 0 aliphatic carbocycles. The largest absolute Gasteiger partial charge is 0.382 e. The molecule has 6 heteroatoms. The molecule has 4 N–H and O–H groups in total. The molecule has 1 aromatic heterocycles. The summed E-state index contributed by atoms with van der Waals surface area (Å²) in [6.07, 6.45) is 0. The molecular formula is C9H16N4O2. The van der Waals surface area contributed by atoms with Crippen LogP contribution in [-0.4, -0.2) is 35.4 Å². The summed E-state index contributed by atoms with van der Waals surface area (Å²) in [5.41, 5.74) is 5.74. The lowest BCUT2D eigenvalue weighted by molar-refractivity contribution is 0.0867. The van der Waals surface area contributed by atoms with Gasteiger partial charge in [-0.05, 0) is 13.8 Å². The van der Waals surface area contributed by atoms with E-state index in [1.807, 2.05) is 13.8 Å². The number of carbonyl (C=O) groups is 1. The highest BCUT2D eigenvalue weighted by atomic mass is 16.5. The molecule has 0 fully saturated rings. The number of nitrogen functional groups attached to an aromatic ring is 1. The Bertz CT molecular complexity index is 324. The van der Waals surface area contributed by atoms with Crippen LogP contribution < -0.4 is 11.1 Å². The molecule has 0 saturated carbocycles. The third kappa shape index (κ3) is 3.59. The number of amides is 1. The van der Waals surface area contributed by atoms with Crippen molar-refractivity contribution in [1.82, 2.24) is 15.5 Å². The summed E-state index contributed by atoms with van der Waals surface area (Å²) in [6, 6.07) is 1.45. The van der Waals surface area contributed by atoms with Crippen molar-refractivity contribution < 1.29 is 9.53 Å². The van der Waals surface area contributed by atoms with Gasteiger partial charge in [0.15, 0.2) is 0 Å². The Labute approximate surface area is 88.2 Å². The summed E-state index contributed by atoms with van der Waals surface area (Å²) in [5, 5.41) is 8.96. The van der Waals surface area contributed by atoms with Crippen LogP contribution in [-0.2, 0) is 4.74 Å². The molecule has 0 saturated heterocycles. The summed E-state index contributed by atoms with van der Waals surface area (Å²) in [7, 11) is 0. The van der Waals surface area contributed by atoms with E-state index in [9.17, 15) is 4.79 Å². The minimum absolute atomic E-state index is 0.0398. The van der Waals surface area contributed by atoms with Crippen LogP contribution >= 0.6 is 0 Å². The van der Waals surface area contributed by atoms with Crippen molar-refractivity contribution >= 4 is 11.7 Å². The van der Waals surface area contributed by atoms with Crippen molar-refractivity contribution in [2.24, 2.45) is 0 Å². The molecule has 1 unspecified atom stereocenters. The van der Waals surface area contributed by atoms with Gasteiger partial charge in [0.05, 0.1) is 6.61 Å². The van der Waals surface area contributed by atoms with E-state index in [0.29, 0.717) is 24.7 Å². The van der Waals surface area contributed by atoms with Gasteiger partial charge in [-0.3, -0.25) is 9.89 Å². The number of carbonyl (C=O) groups excluding carboxylic acids is 1. The van der Waals surface area contributed by atoms with Crippen molar-refractivity contribution in [2.75, 3.05) is 18.9 Å². The van der Waals surface area contributed by atoms with Crippen molar-refractivity contribution in [3.63, 3.8) is 0 Å². The lowest BCUT2D eigenvalue weighted by atomic mass is 10.3. The van der Waals surface area contributed by atoms with Crippen LogP contribution in [0.4, 0.5) is 5.82 Å². The van der Waals surface area contributed by atoms with Gasteiger partial charge in [-0.25, -0.2) is 0 Å². The Morgan fingerprint density at radius 2 is 2.53 bits per heavy atom. The normalized spacial score (nSPS) is 12.4. The summed E-state index contributed by atoms with van der Waals surface area (Å²) in [5.74, 6) is 0.0732. The van der Waals surface area contributed by atoms with Gasteiger partial charge in [-0.1, -0.05) is 0 Å². The average Bonchev–Trinajstić information content (AvgIpc) is 2.61. The fourth-order valence-electron chi connectivity index (χ4n) is 1.09. The second-order valence-corrected chi connectivity index (χ2v) is 3.24. The molecule has 1 aromatic rings. The van der Waals surface area contributed by atoms with Crippen LogP contribution in [0.1, 0.15) is 24.3 Å². The molecule has 0 aliphatic rings. The fourth-order valence-corrected chi connectivity index (χ4v) is 1.09. The first-order valence-corrected chi connectivity index (χ1v) is 4.83. The molecule has 0 bridgehead atoms. The van der Waals surface area contributed by atoms with Crippen molar-refractivity contribution in [2.45, 2.75) is 19.9 Å². The quantitative estimate of drug-likeness (QED) is 0.647. The predicted molar refractivity (Wildman–Crippen MR) is 56.4 cm³/mol. The number of anilines is 1. The summed E-state index contributed by atoms with van der Waals surface area (Å²) in [4.78, 5) is 11.5. The standard InChI is InChI=1S/C9H16N4O2/c1-3-15-5-6(2)11-9(14)7-4-8(10)13-12-7/h4,6H,3,5H2,1-2H3,(H,11,14)(H3,10,12,13). The van der Waals surface area contributed by atoms with Crippen LogP contribution in [0, 0.1) is 0 Å². The van der Waals surface area contributed by atoms with Crippen LogP contribution in [0.3, 0.4) is 0 Å². The van der Waals surface area contributed by atoms with E-state index in [1.165, 1.54) is 6.07 Å². The van der Waals surface area contributed by atoms with Gasteiger partial charge in [0.25, 0.3) is 5.91 Å². The maximum absolute atomic E-state index is 11.5. The van der Waals surface area contributed by atoms with E-state index in [1.54, 1.807) is 0 Å². The highest BCUT2D eigenvalue weighted by molar-refractivity contribution is 5.93. The number of nitrogens with zero attached hydrogens (tertiary/aromatic N) is 1. The Kier molecular flexibility index (Phi) is 4.11. The first-order valence-electron chi connectivity index (χ1n) is 4.83. The topological polar surface area (TPSA) is 93.0 Å². The molecule has 1 amide bonds. The fraction of sp³-hybridized carbons (Fsp3) is 0.556. The van der Waals surface area contributed by atoms with Gasteiger partial charge in [0, 0.05) is 18.7 Å². The summed E-state index contributed by atoms with van der Waals surface area (Å²) in [6.45, 7) is 4.90. The number of aromatic amines is 1. The molecular weight excluding hydrogens is 196 g/mol. The molecule has 1 heterocycles. The Hall–Kier alpha value is -1.56. The van der Waals surface area contributed by atoms with E-state index in [-0.39, 0.29) is 11.9 Å². The second-order valence-electron chi connectivity index (χ2n) is 3.24. The van der Waals surface area contributed by atoms with Crippen molar-refractivity contribution in [1.29, 1.82) is 0 Å². The van der Waals surface area contributed by atoms with Gasteiger partial charge >= 0.3 is 0 Å². The SMILES string of the molecule is CCOCC(C)NC(=O)c1cc(N)n[nH]1. The zero-order valence-corrected chi connectivity index (χ0v) is 8.91. The number of hydrogen-bond acceptors (Lipinski definition) is 4. The number of nitrogens with two attached hydrogens (primary N) is 1. The average molecular weight is 212 g/mol. The van der Waals surface area contributed by atoms with Gasteiger partial charge in [-0.2, -0.15) is 5.10 Å². The third-order valence-electron chi connectivity index (χ3n) is 1.79. The van der Waals surface area contributed by atoms with Gasteiger partial charge in [-0.15, -0.1) is 0 Å². The molecule has 6 nitrogen and oxygen atoms in total. The van der Waals surface area contributed by atoms with Gasteiger partial charge in [0.2, 0.25) is 0 Å². The van der Waals surface area contributed by atoms with Crippen LogP contribution in [0.15, 0.2) is 6.07 Å². The highest BCUT2D eigenvalue weighted by Gasteiger charge is 2.11. The molecule has 0 aromatic carbocycles. The molecule has 84 valence electrons. The Morgan fingerprint density at radius 1 is 1.80 bits per heavy atom. The van der Waals surface area contributed by atoms with E-state index in [2.05, 4.69) is 15.5 Å². The number of H-pyrrole nitrogens is 1. The first-order chi connectivity index (χ1) is 7.13. The highest BCUT2D eigenvalue weighted by Crippen LogP contribution is 2.00. The molecule has 0 radical (unpaired) electrons. The number of nitrogens with one attached hydrogen (secondary N) is 2. The van der Waals surface area contributed by atoms with E-state index >= 15 is 0 Å². The molecule has 0 spiro atoms. The minimum Gasteiger partial charge on any atom is -0.382 e. The van der Waals surface area contributed by atoms with Crippen LogP contribution in [0.25, 0.3) is 0 Å². The molecule has 0 aliphatic heterocycles. The lowest BCUT2D eigenvalue weighted by Gasteiger charge is -2.12. The van der Waals surface area contributed by atoms with Crippen molar-refractivity contribution in [3.05, 3.63) is 11.8 Å². The monoisotopic (exact) mass is 212 g/mol. The van der Waals surface area contributed by atoms with Gasteiger partial charge in [0.1, 0.15) is 11.5 Å². The van der Waals surface area contributed by atoms with E-state index in [4.69, 9.17) is 10.5 Å². The molecule has 1 atom stereocenters.